The van der Waals surface area contributed by atoms with Crippen LogP contribution in [0.5, 0.6) is 0 Å². The van der Waals surface area contributed by atoms with Gasteiger partial charge in [0, 0.05) is 24.0 Å². The largest absolute Gasteiger partial charge is 0.334 e. The van der Waals surface area contributed by atoms with Crippen molar-refractivity contribution in [1.29, 1.82) is 0 Å². The zero-order chi connectivity index (χ0) is 13.1. The summed E-state index contributed by atoms with van der Waals surface area (Å²) >= 11 is 5.84. The zero-order valence-corrected chi connectivity index (χ0v) is 11.8. The predicted octanol–water partition coefficient (Wildman–Crippen LogP) is 3.54. The summed E-state index contributed by atoms with van der Waals surface area (Å²) in [6.45, 7) is 4.65. The van der Waals surface area contributed by atoms with Crippen molar-refractivity contribution in [1.82, 2.24) is 4.90 Å². The van der Waals surface area contributed by atoms with Gasteiger partial charge >= 0.3 is 0 Å². The number of halogens is 1. The van der Waals surface area contributed by atoms with Crippen LogP contribution in [0.15, 0.2) is 18.2 Å². The van der Waals surface area contributed by atoms with Crippen LogP contribution in [-0.4, -0.2) is 29.3 Å². The van der Waals surface area contributed by atoms with Crippen LogP contribution in [0.25, 0.3) is 0 Å². The molecule has 98 valence electrons. The minimum Gasteiger partial charge on any atom is -0.334 e. The first-order chi connectivity index (χ1) is 8.65. The molecular formula is C15H20ClNO. The highest BCUT2D eigenvalue weighted by Crippen LogP contribution is 2.27. The molecule has 0 N–H and O–H groups in total. The average molecular weight is 266 g/mol. The number of rotatable bonds is 4. The molecular weight excluding hydrogens is 246 g/mol. The van der Waals surface area contributed by atoms with Crippen LogP contribution in [0.3, 0.4) is 0 Å². The minimum absolute atomic E-state index is 0.149. The Morgan fingerprint density at radius 3 is 2.39 bits per heavy atom. The van der Waals surface area contributed by atoms with E-state index in [1.807, 2.05) is 36.9 Å². The summed E-state index contributed by atoms with van der Waals surface area (Å²) in [5, 5.41) is 0. The van der Waals surface area contributed by atoms with E-state index < -0.39 is 0 Å². The Hall–Kier alpha value is -1.02. The Morgan fingerprint density at radius 1 is 1.33 bits per heavy atom. The molecule has 1 saturated carbocycles. The van der Waals surface area contributed by atoms with Gasteiger partial charge in [-0.3, -0.25) is 4.79 Å². The number of hydrogen-bond acceptors (Lipinski definition) is 1. The smallest absolute Gasteiger partial charge is 0.254 e. The summed E-state index contributed by atoms with van der Waals surface area (Å²) in [6, 6.07) is 6.39. The second kappa shape index (κ2) is 5.75. The van der Waals surface area contributed by atoms with Crippen molar-refractivity contribution in [3.05, 3.63) is 34.9 Å². The third-order valence-electron chi connectivity index (χ3n) is 3.80. The molecule has 2 nitrogen and oxygen atoms in total. The molecule has 0 atom stereocenters. The van der Waals surface area contributed by atoms with Crippen LogP contribution in [0.1, 0.15) is 40.7 Å². The molecule has 0 bridgehead atoms. The molecule has 0 unspecified atom stereocenters. The van der Waals surface area contributed by atoms with Gasteiger partial charge in [-0.1, -0.05) is 18.2 Å². The predicted molar refractivity (Wildman–Crippen MR) is 75.3 cm³/mol. The summed E-state index contributed by atoms with van der Waals surface area (Å²) in [5.41, 5.74) is 2.97. The normalized spacial score (nSPS) is 15.3. The summed E-state index contributed by atoms with van der Waals surface area (Å²) in [7, 11) is 0. The lowest BCUT2D eigenvalue weighted by Gasteiger charge is -2.37. The van der Waals surface area contributed by atoms with Crippen LogP contribution < -0.4 is 0 Å². The number of amides is 1. The monoisotopic (exact) mass is 265 g/mol. The van der Waals surface area contributed by atoms with Gasteiger partial charge in [0.25, 0.3) is 5.91 Å². The maximum absolute atomic E-state index is 12.7. The fourth-order valence-corrected chi connectivity index (χ4v) is 2.72. The Kier molecular flexibility index (Phi) is 4.28. The van der Waals surface area contributed by atoms with E-state index in [9.17, 15) is 4.79 Å². The lowest BCUT2D eigenvalue weighted by Crippen LogP contribution is -2.45. The molecule has 1 fully saturated rings. The molecule has 1 amide bonds. The molecule has 0 spiro atoms. The van der Waals surface area contributed by atoms with Gasteiger partial charge in [-0.05, 0) is 44.2 Å². The summed E-state index contributed by atoms with van der Waals surface area (Å²) < 4.78 is 0. The van der Waals surface area contributed by atoms with Crippen molar-refractivity contribution >= 4 is 17.5 Å². The topological polar surface area (TPSA) is 20.3 Å². The number of alkyl halides is 1. The Bertz CT molecular complexity index is 420. The van der Waals surface area contributed by atoms with Crippen molar-refractivity contribution in [2.75, 3.05) is 12.4 Å². The molecule has 0 aliphatic heterocycles. The van der Waals surface area contributed by atoms with E-state index in [0.717, 1.165) is 29.5 Å². The molecule has 3 heteroatoms. The molecule has 18 heavy (non-hydrogen) atoms. The highest BCUT2D eigenvalue weighted by molar-refractivity contribution is 6.18. The molecule has 0 radical (unpaired) electrons. The Morgan fingerprint density at radius 2 is 1.94 bits per heavy atom. The number of hydrogen-bond donors (Lipinski definition) is 0. The molecule has 1 aromatic rings. The number of carbonyl (C=O) groups excluding carboxylic acids is 1. The highest BCUT2D eigenvalue weighted by Gasteiger charge is 2.30. The molecule has 0 saturated heterocycles. The van der Waals surface area contributed by atoms with E-state index in [1.165, 1.54) is 6.42 Å². The number of benzene rings is 1. The van der Waals surface area contributed by atoms with Crippen LogP contribution in [0.2, 0.25) is 0 Å². The molecule has 0 heterocycles. The van der Waals surface area contributed by atoms with Gasteiger partial charge in [0.1, 0.15) is 0 Å². The van der Waals surface area contributed by atoms with Crippen molar-refractivity contribution in [3.63, 3.8) is 0 Å². The zero-order valence-electron chi connectivity index (χ0n) is 11.1. The quantitative estimate of drug-likeness (QED) is 0.763. The molecule has 2 rings (SSSR count). The highest BCUT2D eigenvalue weighted by atomic mass is 35.5. The van der Waals surface area contributed by atoms with Gasteiger partial charge in [0.15, 0.2) is 0 Å². The first-order valence-electron chi connectivity index (χ1n) is 6.58. The summed E-state index contributed by atoms with van der Waals surface area (Å²) in [5.74, 6) is 0.656. The van der Waals surface area contributed by atoms with E-state index in [4.69, 9.17) is 11.6 Å². The number of aryl methyl sites for hydroxylation is 2. The fourth-order valence-electron chi connectivity index (χ4n) is 2.53. The van der Waals surface area contributed by atoms with Crippen molar-refractivity contribution in [2.24, 2.45) is 0 Å². The molecule has 1 aromatic carbocycles. The first kappa shape index (κ1) is 13.4. The lowest BCUT2D eigenvalue weighted by molar-refractivity contribution is 0.0596. The fraction of sp³-hybridized carbons (Fsp3) is 0.533. The van der Waals surface area contributed by atoms with E-state index in [2.05, 4.69) is 0 Å². The van der Waals surface area contributed by atoms with E-state index in [1.54, 1.807) is 0 Å². The van der Waals surface area contributed by atoms with Crippen LogP contribution in [0, 0.1) is 13.8 Å². The van der Waals surface area contributed by atoms with Crippen LogP contribution in [0.4, 0.5) is 0 Å². The van der Waals surface area contributed by atoms with Gasteiger partial charge < -0.3 is 4.90 Å². The van der Waals surface area contributed by atoms with Gasteiger partial charge in [-0.15, -0.1) is 11.6 Å². The van der Waals surface area contributed by atoms with E-state index in [0.29, 0.717) is 18.5 Å². The van der Waals surface area contributed by atoms with E-state index >= 15 is 0 Å². The third kappa shape index (κ3) is 2.54. The Labute approximate surface area is 114 Å². The standard InChI is InChI=1S/C15H20ClNO/c1-11-5-3-6-12(2)14(11)15(18)17(10-9-16)13-7-4-8-13/h3,5-6,13H,4,7-10H2,1-2H3. The van der Waals surface area contributed by atoms with Gasteiger partial charge in [0.2, 0.25) is 0 Å². The van der Waals surface area contributed by atoms with Crippen LogP contribution >= 0.6 is 11.6 Å². The minimum atomic E-state index is 0.149. The first-order valence-corrected chi connectivity index (χ1v) is 7.11. The molecule has 1 aliphatic rings. The Balaban J connectivity index is 2.27. The lowest BCUT2D eigenvalue weighted by atomic mass is 9.90. The maximum Gasteiger partial charge on any atom is 0.254 e. The SMILES string of the molecule is Cc1cccc(C)c1C(=O)N(CCCl)C1CCC1. The summed E-state index contributed by atoms with van der Waals surface area (Å²) in [6.07, 6.45) is 3.46. The van der Waals surface area contributed by atoms with Crippen LogP contribution in [-0.2, 0) is 0 Å². The van der Waals surface area contributed by atoms with Gasteiger partial charge in [-0.25, -0.2) is 0 Å². The second-order valence-corrected chi connectivity index (χ2v) is 5.42. The van der Waals surface area contributed by atoms with Gasteiger partial charge in [-0.2, -0.15) is 0 Å². The third-order valence-corrected chi connectivity index (χ3v) is 3.97. The number of nitrogens with zero attached hydrogens (tertiary/aromatic N) is 1. The van der Waals surface area contributed by atoms with E-state index in [-0.39, 0.29) is 5.91 Å². The number of carbonyl (C=O) groups is 1. The van der Waals surface area contributed by atoms with Gasteiger partial charge in [0.05, 0.1) is 0 Å². The second-order valence-electron chi connectivity index (χ2n) is 5.04. The van der Waals surface area contributed by atoms with Crippen molar-refractivity contribution < 1.29 is 4.79 Å². The average Bonchev–Trinajstić information content (AvgIpc) is 2.25. The van der Waals surface area contributed by atoms with Crippen molar-refractivity contribution in [2.45, 2.75) is 39.2 Å². The molecule has 1 aliphatic carbocycles. The molecule has 0 aromatic heterocycles. The maximum atomic E-state index is 12.7. The van der Waals surface area contributed by atoms with Crippen molar-refractivity contribution in [3.8, 4) is 0 Å². The summed E-state index contributed by atoms with van der Waals surface area (Å²) in [4.78, 5) is 14.6.